The number of fused-ring (bicyclic) bond motifs is 2. The average molecular weight is 425 g/mol. The number of hydrogen-bond acceptors (Lipinski definition) is 4. The molecule has 1 fully saturated rings. The smallest absolute Gasteiger partial charge is 0.147 e. The summed E-state index contributed by atoms with van der Waals surface area (Å²) in [5, 5.41) is 0. The molecule has 0 atom stereocenters. The van der Waals surface area contributed by atoms with Crippen LogP contribution in [0.1, 0.15) is 0 Å². The van der Waals surface area contributed by atoms with Crippen LogP contribution in [0.25, 0.3) is 0 Å². The molecule has 2 aliphatic heterocycles. The zero-order valence-electron chi connectivity index (χ0n) is 16.3. The fourth-order valence-corrected chi connectivity index (χ4v) is 5.20. The third kappa shape index (κ3) is 4.22. The highest BCUT2D eigenvalue weighted by molar-refractivity contribution is 7.99. The molecule has 0 amide bonds. The zero-order chi connectivity index (χ0) is 18.8. The molecule has 0 spiro atoms. The minimum absolute atomic E-state index is 0. The molecule has 0 radical (unpaired) electrons. The van der Waals surface area contributed by atoms with E-state index in [0.717, 1.165) is 32.0 Å². The second kappa shape index (κ2) is 9.08. The molecule has 150 valence electrons. The molecule has 2 aromatic carbocycles. The Bertz CT molecular complexity index is 899. The lowest BCUT2D eigenvalue weighted by molar-refractivity contribution is -0.899. The predicted molar refractivity (Wildman–Crippen MR) is 116 cm³/mol. The Hall–Kier alpha value is -2.21. The number of anilines is 3. The van der Waals surface area contributed by atoms with Crippen LogP contribution >= 0.6 is 11.8 Å². The third-order valence-electron chi connectivity index (χ3n) is 5.66. The summed E-state index contributed by atoms with van der Waals surface area (Å²) in [5.41, 5.74) is 2.64. The maximum absolute atomic E-state index is 4.70. The quantitative estimate of drug-likeness (QED) is 0.641. The van der Waals surface area contributed by atoms with Crippen LogP contribution in [0.2, 0.25) is 0 Å². The largest absolute Gasteiger partial charge is 1.00 e. The van der Waals surface area contributed by atoms with Crippen molar-refractivity contribution in [3.05, 3.63) is 72.9 Å². The fourth-order valence-electron chi connectivity index (χ4n) is 4.13. The van der Waals surface area contributed by atoms with Crippen LogP contribution in [0.3, 0.4) is 0 Å². The Balaban J connectivity index is 0.00000205. The van der Waals surface area contributed by atoms with Crippen molar-refractivity contribution < 1.29 is 17.3 Å². The Morgan fingerprint density at radius 1 is 0.862 bits per heavy atom. The van der Waals surface area contributed by atoms with Gasteiger partial charge in [0, 0.05) is 16.8 Å². The van der Waals surface area contributed by atoms with E-state index in [1.807, 2.05) is 24.0 Å². The van der Waals surface area contributed by atoms with Crippen LogP contribution in [0.15, 0.2) is 82.7 Å². The van der Waals surface area contributed by atoms with Gasteiger partial charge in [0.05, 0.1) is 49.9 Å². The van der Waals surface area contributed by atoms with Crippen molar-refractivity contribution in [1.82, 2.24) is 4.98 Å². The minimum Gasteiger partial charge on any atom is -1.00 e. The molecular formula is C23H25ClN4S. The van der Waals surface area contributed by atoms with Gasteiger partial charge in [0.15, 0.2) is 0 Å². The number of piperazine rings is 1. The Morgan fingerprint density at radius 2 is 1.59 bits per heavy atom. The van der Waals surface area contributed by atoms with Gasteiger partial charge in [-0.05, 0) is 36.4 Å². The highest BCUT2D eigenvalue weighted by Crippen LogP contribution is 2.46. The van der Waals surface area contributed by atoms with Crippen LogP contribution in [0, 0.1) is 0 Å². The fraction of sp³-hybridized carbons (Fsp3) is 0.261. The number of nitrogens with one attached hydrogen (secondary N) is 1. The number of hydrogen-bond donors (Lipinski definition) is 1. The maximum atomic E-state index is 4.70. The summed E-state index contributed by atoms with van der Waals surface area (Å²) < 4.78 is 0. The molecule has 29 heavy (non-hydrogen) atoms. The molecular weight excluding hydrogens is 400 g/mol. The van der Waals surface area contributed by atoms with E-state index in [1.165, 1.54) is 34.3 Å². The average Bonchev–Trinajstić information content (AvgIpc) is 2.77. The Labute approximate surface area is 182 Å². The summed E-state index contributed by atoms with van der Waals surface area (Å²) in [7, 11) is 0. The molecule has 0 unspecified atom stereocenters. The normalized spacial score (nSPS) is 16.0. The standard InChI is InChI=1S/C23H24N4S.ClH/c1-2-7-19(8-3-1)26-16-13-25(14-17-26)15-18-27-20-9-4-5-10-21(20)28-22-11-6-12-24-23(22)27;/h1-12H,13-18H2;1H. The number of pyridine rings is 1. The van der Waals surface area contributed by atoms with Gasteiger partial charge in [0.25, 0.3) is 0 Å². The van der Waals surface area contributed by atoms with E-state index in [1.54, 1.807) is 4.90 Å². The van der Waals surface area contributed by atoms with E-state index in [-0.39, 0.29) is 12.4 Å². The van der Waals surface area contributed by atoms with Gasteiger partial charge in [-0.3, -0.25) is 0 Å². The number of aromatic nitrogens is 1. The summed E-state index contributed by atoms with van der Waals surface area (Å²) in [6, 6.07) is 23.7. The number of para-hydroxylation sites is 2. The summed E-state index contributed by atoms with van der Waals surface area (Å²) in [4.78, 5) is 13.9. The number of benzene rings is 2. The van der Waals surface area contributed by atoms with Gasteiger partial charge < -0.3 is 27.1 Å². The van der Waals surface area contributed by atoms with Gasteiger partial charge in [0.2, 0.25) is 0 Å². The predicted octanol–water partition coefficient (Wildman–Crippen LogP) is 0.0934. The van der Waals surface area contributed by atoms with Gasteiger partial charge in [-0.1, -0.05) is 42.1 Å². The zero-order valence-corrected chi connectivity index (χ0v) is 17.9. The molecule has 0 saturated carbocycles. The van der Waals surface area contributed by atoms with Crippen molar-refractivity contribution in [3.8, 4) is 0 Å². The number of nitrogens with zero attached hydrogens (tertiary/aromatic N) is 3. The van der Waals surface area contributed by atoms with Crippen molar-refractivity contribution in [2.75, 3.05) is 49.1 Å². The first-order valence-electron chi connectivity index (χ1n) is 10.0. The van der Waals surface area contributed by atoms with Gasteiger partial charge in [0.1, 0.15) is 5.82 Å². The van der Waals surface area contributed by atoms with E-state index < -0.39 is 0 Å². The second-order valence-corrected chi connectivity index (χ2v) is 8.45. The van der Waals surface area contributed by atoms with Gasteiger partial charge in [-0.2, -0.15) is 0 Å². The highest BCUT2D eigenvalue weighted by atomic mass is 35.5. The van der Waals surface area contributed by atoms with Gasteiger partial charge in [-0.25, -0.2) is 4.98 Å². The molecule has 1 aromatic heterocycles. The number of quaternary nitrogens is 1. The van der Waals surface area contributed by atoms with Crippen LogP contribution in [0.5, 0.6) is 0 Å². The molecule has 3 heterocycles. The molecule has 0 aliphatic carbocycles. The maximum Gasteiger partial charge on any atom is 0.147 e. The molecule has 1 N–H and O–H groups in total. The molecule has 6 heteroatoms. The molecule has 2 aliphatic rings. The molecule has 1 saturated heterocycles. The molecule has 3 aromatic rings. The minimum atomic E-state index is 0. The lowest BCUT2D eigenvalue weighted by Gasteiger charge is -2.36. The Morgan fingerprint density at radius 3 is 2.41 bits per heavy atom. The van der Waals surface area contributed by atoms with Crippen molar-refractivity contribution in [2.45, 2.75) is 9.79 Å². The van der Waals surface area contributed by atoms with E-state index in [4.69, 9.17) is 4.98 Å². The van der Waals surface area contributed by atoms with Crippen LogP contribution < -0.4 is 27.1 Å². The first-order valence-corrected chi connectivity index (χ1v) is 10.8. The van der Waals surface area contributed by atoms with Crippen LogP contribution in [-0.4, -0.2) is 44.3 Å². The third-order valence-corrected chi connectivity index (χ3v) is 6.77. The first-order chi connectivity index (χ1) is 13.9. The summed E-state index contributed by atoms with van der Waals surface area (Å²) >= 11 is 1.83. The molecule has 5 rings (SSSR count). The van der Waals surface area contributed by atoms with Crippen molar-refractivity contribution in [3.63, 3.8) is 0 Å². The Kier molecular flexibility index (Phi) is 6.28. The molecule has 0 bridgehead atoms. The van der Waals surface area contributed by atoms with E-state index in [9.17, 15) is 0 Å². The number of rotatable bonds is 4. The summed E-state index contributed by atoms with van der Waals surface area (Å²) in [6.07, 6.45) is 1.91. The number of halogens is 1. The van der Waals surface area contributed by atoms with Crippen molar-refractivity contribution in [2.24, 2.45) is 0 Å². The summed E-state index contributed by atoms with van der Waals surface area (Å²) in [5.74, 6) is 1.11. The van der Waals surface area contributed by atoms with Crippen molar-refractivity contribution >= 4 is 29.0 Å². The SMILES string of the molecule is [Cl-].c1ccc(N2CC[NH+](CCN3c4ccccc4Sc4cccnc43)CC2)cc1. The van der Waals surface area contributed by atoms with E-state index >= 15 is 0 Å². The second-order valence-electron chi connectivity index (χ2n) is 7.37. The lowest BCUT2D eigenvalue weighted by atomic mass is 10.2. The first kappa shape index (κ1) is 20.1. The van der Waals surface area contributed by atoms with Crippen LogP contribution in [0.4, 0.5) is 17.2 Å². The highest BCUT2D eigenvalue weighted by Gasteiger charge is 2.26. The monoisotopic (exact) mass is 424 g/mol. The van der Waals surface area contributed by atoms with E-state index in [2.05, 4.69) is 70.5 Å². The summed E-state index contributed by atoms with van der Waals surface area (Å²) in [6.45, 7) is 6.77. The van der Waals surface area contributed by atoms with Crippen molar-refractivity contribution in [1.29, 1.82) is 0 Å². The lowest BCUT2D eigenvalue weighted by Crippen LogP contribution is -3.15. The molecule has 4 nitrogen and oxygen atoms in total. The van der Waals surface area contributed by atoms with Crippen LogP contribution in [-0.2, 0) is 0 Å². The topological polar surface area (TPSA) is 23.8 Å². The van der Waals surface area contributed by atoms with Gasteiger partial charge >= 0.3 is 0 Å². The van der Waals surface area contributed by atoms with Gasteiger partial charge in [-0.15, -0.1) is 0 Å². The van der Waals surface area contributed by atoms with E-state index in [0.29, 0.717) is 0 Å².